The fourth-order valence-corrected chi connectivity index (χ4v) is 2.95. The van der Waals surface area contributed by atoms with Crippen molar-refractivity contribution in [3.05, 3.63) is 53.9 Å². The van der Waals surface area contributed by atoms with Gasteiger partial charge in [-0.1, -0.05) is 12.1 Å². The van der Waals surface area contributed by atoms with Crippen LogP contribution in [-0.4, -0.2) is 26.2 Å². The molecule has 4 nitrogen and oxygen atoms in total. The lowest BCUT2D eigenvalue weighted by molar-refractivity contribution is 0.415. The largest absolute Gasteiger partial charge is 0.497 e. The Hall–Kier alpha value is -2.53. The van der Waals surface area contributed by atoms with Gasteiger partial charge in [-0.15, -0.1) is 11.3 Å². The van der Waals surface area contributed by atoms with Crippen molar-refractivity contribution in [2.75, 3.05) is 31.4 Å². The number of methoxy groups -OCH3 is 1. The van der Waals surface area contributed by atoms with E-state index >= 15 is 0 Å². The maximum absolute atomic E-state index is 5.27. The first-order chi connectivity index (χ1) is 11.2. The van der Waals surface area contributed by atoms with Crippen molar-refractivity contribution in [2.45, 2.75) is 0 Å². The van der Waals surface area contributed by atoms with Gasteiger partial charge in [0.25, 0.3) is 0 Å². The third-order valence-corrected chi connectivity index (χ3v) is 4.26. The van der Waals surface area contributed by atoms with Crippen molar-refractivity contribution in [1.82, 2.24) is 4.98 Å². The van der Waals surface area contributed by atoms with Crippen LogP contribution in [0.2, 0.25) is 0 Å². The first kappa shape index (κ1) is 15.4. The van der Waals surface area contributed by atoms with E-state index in [-0.39, 0.29) is 0 Å². The lowest BCUT2D eigenvalue weighted by atomic mass is 10.2. The maximum atomic E-state index is 5.27. The van der Waals surface area contributed by atoms with Crippen molar-refractivity contribution >= 4 is 27.8 Å². The van der Waals surface area contributed by atoms with Crippen molar-refractivity contribution in [2.24, 2.45) is 0 Å². The molecule has 0 amide bonds. The molecule has 5 heteroatoms. The van der Waals surface area contributed by atoms with Gasteiger partial charge >= 0.3 is 0 Å². The summed E-state index contributed by atoms with van der Waals surface area (Å²) in [6.45, 7) is 0. The van der Waals surface area contributed by atoms with Crippen LogP contribution >= 0.6 is 11.3 Å². The molecule has 0 saturated heterocycles. The smallest absolute Gasteiger partial charge is 0.187 e. The number of anilines is 3. The number of nitrogens with one attached hydrogen (secondary N) is 1. The number of benzene rings is 2. The van der Waals surface area contributed by atoms with E-state index in [1.165, 1.54) is 5.69 Å². The molecule has 0 aliphatic carbocycles. The van der Waals surface area contributed by atoms with Crippen molar-refractivity contribution in [3.63, 3.8) is 0 Å². The van der Waals surface area contributed by atoms with Gasteiger partial charge in [0.15, 0.2) is 5.13 Å². The monoisotopic (exact) mass is 325 g/mol. The standard InChI is InChI=1S/C18H19N3OS/c1-21(2)15-9-7-14(8-10-15)19-18-20-17(12-23-18)13-5-4-6-16(11-13)22-3/h4-12H,1-3H3,(H,19,20). The summed E-state index contributed by atoms with van der Waals surface area (Å²) in [6.07, 6.45) is 0. The summed E-state index contributed by atoms with van der Waals surface area (Å²) in [4.78, 5) is 6.73. The van der Waals surface area contributed by atoms with E-state index in [4.69, 9.17) is 4.74 Å². The number of hydrogen-bond acceptors (Lipinski definition) is 5. The highest BCUT2D eigenvalue weighted by molar-refractivity contribution is 7.14. The van der Waals surface area contributed by atoms with Crippen LogP contribution in [0.4, 0.5) is 16.5 Å². The molecule has 0 aliphatic rings. The normalized spacial score (nSPS) is 10.4. The minimum Gasteiger partial charge on any atom is -0.497 e. The zero-order valence-corrected chi connectivity index (χ0v) is 14.2. The number of nitrogens with zero attached hydrogens (tertiary/aromatic N) is 2. The van der Waals surface area contributed by atoms with E-state index < -0.39 is 0 Å². The molecule has 0 bridgehead atoms. The minimum atomic E-state index is 0.837. The zero-order chi connectivity index (χ0) is 16.2. The molecule has 0 atom stereocenters. The Morgan fingerprint density at radius 3 is 2.57 bits per heavy atom. The summed E-state index contributed by atoms with van der Waals surface area (Å²) >= 11 is 1.59. The van der Waals surface area contributed by atoms with Gasteiger partial charge in [0, 0.05) is 36.4 Å². The van der Waals surface area contributed by atoms with E-state index in [9.17, 15) is 0 Å². The molecule has 1 aromatic heterocycles. The second kappa shape index (κ2) is 6.71. The number of rotatable bonds is 5. The Kier molecular flexibility index (Phi) is 4.48. The fraction of sp³-hybridized carbons (Fsp3) is 0.167. The highest BCUT2D eigenvalue weighted by atomic mass is 32.1. The molecule has 0 spiro atoms. The van der Waals surface area contributed by atoms with Crippen molar-refractivity contribution < 1.29 is 4.74 Å². The number of ether oxygens (including phenoxy) is 1. The molecule has 2 aromatic carbocycles. The van der Waals surface area contributed by atoms with Gasteiger partial charge in [-0.25, -0.2) is 4.98 Å². The van der Waals surface area contributed by atoms with Gasteiger partial charge in [0.1, 0.15) is 5.75 Å². The molecule has 118 valence electrons. The highest BCUT2D eigenvalue weighted by Gasteiger charge is 2.06. The predicted octanol–water partition coefficient (Wildman–Crippen LogP) is 4.63. The van der Waals surface area contributed by atoms with Gasteiger partial charge in [-0.05, 0) is 36.4 Å². The van der Waals surface area contributed by atoms with Crippen LogP contribution in [0.25, 0.3) is 11.3 Å². The van der Waals surface area contributed by atoms with E-state index in [1.54, 1.807) is 18.4 Å². The fourth-order valence-electron chi connectivity index (χ4n) is 2.21. The number of aromatic nitrogens is 1. The summed E-state index contributed by atoms with van der Waals surface area (Å²) in [5.74, 6) is 0.837. The molecule has 0 aliphatic heterocycles. The topological polar surface area (TPSA) is 37.4 Å². The van der Waals surface area contributed by atoms with Crippen LogP contribution < -0.4 is 15.0 Å². The molecule has 1 heterocycles. The second-order valence-corrected chi connectivity index (χ2v) is 6.19. The quantitative estimate of drug-likeness (QED) is 0.742. The average Bonchev–Trinajstić information content (AvgIpc) is 3.04. The zero-order valence-electron chi connectivity index (χ0n) is 13.4. The minimum absolute atomic E-state index is 0.837. The molecule has 1 N–H and O–H groups in total. The Labute approximate surface area is 140 Å². The van der Waals surface area contributed by atoms with Gasteiger partial charge in [0.2, 0.25) is 0 Å². The SMILES string of the molecule is COc1cccc(-c2csc(Nc3ccc(N(C)C)cc3)n2)c1. The average molecular weight is 325 g/mol. The molecule has 23 heavy (non-hydrogen) atoms. The van der Waals surface area contributed by atoms with Crippen LogP contribution in [0.15, 0.2) is 53.9 Å². The van der Waals surface area contributed by atoms with E-state index in [1.807, 2.05) is 43.7 Å². The van der Waals surface area contributed by atoms with Crippen LogP contribution in [-0.2, 0) is 0 Å². The van der Waals surface area contributed by atoms with Crippen LogP contribution in [0.5, 0.6) is 5.75 Å². The first-order valence-electron chi connectivity index (χ1n) is 7.30. The Balaban J connectivity index is 1.76. The van der Waals surface area contributed by atoms with E-state index in [2.05, 4.69) is 39.5 Å². The van der Waals surface area contributed by atoms with Gasteiger partial charge < -0.3 is 15.0 Å². The molecule has 0 saturated carbocycles. The molecule has 3 rings (SSSR count). The number of hydrogen-bond donors (Lipinski definition) is 1. The van der Waals surface area contributed by atoms with Crippen LogP contribution in [0, 0.1) is 0 Å². The molecular weight excluding hydrogens is 306 g/mol. The van der Waals surface area contributed by atoms with Crippen molar-refractivity contribution in [3.8, 4) is 17.0 Å². The van der Waals surface area contributed by atoms with Gasteiger partial charge in [0.05, 0.1) is 12.8 Å². The number of thiazole rings is 1. The summed E-state index contributed by atoms with van der Waals surface area (Å²) in [6, 6.07) is 16.2. The third kappa shape index (κ3) is 3.63. The van der Waals surface area contributed by atoms with Gasteiger partial charge in [-0.2, -0.15) is 0 Å². The molecule has 3 aromatic rings. The molecular formula is C18H19N3OS. The predicted molar refractivity (Wildman–Crippen MR) is 98.2 cm³/mol. The Bertz CT molecular complexity index is 781. The Morgan fingerprint density at radius 1 is 1.09 bits per heavy atom. The molecule has 0 fully saturated rings. The second-order valence-electron chi connectivity index (χ2n) is 5.34. The first-order valence-corrected chi connectivity index (χ1v) is 8.18. The highest BCUT2D eigenvalue weighted by Crippen LogP contribution is 2.29. The van der Waals surface area contributed by atoms with E-state index in [0.717, 1.165) is 27.8 Å². The van der Waals surface area contributed by atoms with Gasteiger partial charge in [-0.3, -0.25) is 0 Å². The molecule has 0 radical (unpaired) electrons. The van der Waals surface area contributed by atoms with E-state index in [0.29, 0.717) is 0 Å². The summed E-state index contributed by atoms with van der Waals surface area (Å²) < 4.78 is 5.27. The summed E-state index contributed by atoms with van der Waals surface area (Å²) in [5.41, 5.74) is 4.20. The summed E-state index contributed by atoms with van der Waals surface area (Å²) in [5, 5.41) is 6.27. The lowest BCUT2D eigenvalue weighted by Crippen LogP contribution is -2.08. The van der Waals surface area contributed by atoms with Crippen LogP contribution in [0.1, 0.15) is 0 Å². The van der Waals surface area contributed by atoms with Crippen LogP contribution in [0.3, 0.4) is 0 Å². The molecule has 0 unspecified atom stereocenters. The lowest BCUT2D eigenvalue weighted by Gasteiger charge is -2.12. The van der Waals surface area contributed by atoms with Crippen molar-refractivity contribution in [1.29, 1.82) is 0 Å². The maximum Gasteiger partial charge on any atom is 0.187 e. The summed E-state index contributed by atoms with van der Waals surface area (Å²) in [7, 11) is 5.73. The Morgan fingerprint density at radius 2 is 1.87 bits per heavy atom. The third-order valence-electron chi connectivity index (χ3n) is 3.50.